The lowest BCUT2D eigenvalue weighted by Crippen LogP contribution is -1.86. The zero-order valence-electron chi connectivity index (χ0n) is 14.8. The largest absolute Gasteiger partial charge is 0.0616 e. The van der Waals surface area contributed by atoms with Crippen LogP contribution in [0.3, 0.4) is 0 Å². The van der Waals surface area contributed by atoms with Crippen LogP contribution in [0, 0.1) is 0 Å². The highest BCUT2D eigenvalue weighted by atomic mass is 79.9. The van der Waals surface area contributed by atoms with Crippen LogP contribution in [-0.4, -0.2) is 0 Å². The van der Waals surface area contributed by atoms with Crippen molar-refractivity contribution in [2.24, 2.45) is 0 Å². The molecule has 0 unspecified atom stereocenters. The van der Waals surface area contributed by atoms with E-state index in [4.69, 9.17) is 0 Å². The van der Waals surface area contributed by atoms with Crippen molar-refractivity contribution in [2.75, 3.05) is 0 Å². The molecule has 0 atom stereocenters. The molecule has 132 valence electrons. The summed E-state index contributed by atoms with van der Waals surface area (Å²) in [5.74, 6) is 0. The number of hydrogen-bond donors (Lipinski definition) is 0. The minimum absolute atomic E-state index is 1.10. The van der Waals surface area contributed by atoms with Gasteiger partial charge in [0.1, 0.15) is 0 Å². The molecule has 0 nitrogen and oxygen atoms in total. The predicted octanol–water partition coefficient (Wildman–Crippen LogP) is 8.98. The molecule has 0 saturated heterocycles. The summed E-state index contributed by atoms with van der Waals surface area (Å²) in [6, 6.07) is 30.9. The van der Waals surface area contributed by atoms with E-state index in [0.29, 0.717) is 0 Å². The molecule has 0 bridgehead atoms. The summed E-state index contributed by atoms with van der Waals surface area (Å²) in [5.41, 5.74) is 0. The van der Waals surface area contributed by atoms with Crippen LogP contribution < -0.4 is 0 Å². The quantitative estimate of drug-likeness (QED) is 0.188. The van der Waals surface area contributed by atoms with Gasteiger partial charge in [-0.25, -0.2) is 0 Å². The third kappa shape index (κ3) is 2.28. The molecule has 0 saturated carbocycles. The van der Waals surface area contributed by atoms with Gasteiger partial charge < -0.3 is 0 Å². The normalized spacial score (nSPS) is 11.9. The summed E-state index contributed by atoms with van der Waals surface area (Å²) in [7, 11) is 0. The molecule has 0 amide bonds. The van der Waals surface area contributed by atoms with Crippen LogP contribution in [0.2, 0.25) is 0 Å². The molecule has 6 rings (SSSR count). The van der Waals surface area contributed by atoms with E-state index in [1.807, 2.05) is 0 Å². The number of benzene rings is 6. The van der Waals surface area contributed by atoms with Crippen molar-refractivity contribution in [3.05, 3.63) is 93.9 Å². The molecule has 0 radical (unpaired) electrons. The predicted molar refractivity (Wildman–Crippen MR) is 129 cm³/mol. The van der Waals surface area contributed by atoms with Crippen molar-refractivity contribution in [3.63, 3.8) is 0 Å². The van der Waals surface area contributed by atoms with Gasteiger partial charge >= 0.3 is 0 Å². The first-order valence-electron chi connectivity index (χ1n) is 9.25. The fourth-order valence-electron chi connectivity index (χ4n) is 4.49. The van der Waals surface area contributed by atoms with Crippen LogP contribution >= 0.6 is 31.9 Å². The van der Waals surface area contributed by atoms with E-state index < -0.39 is 0 Å². The van der Waals surface area contributed by atoms with Crippen LogP contribution in [0.4, 0.5) is 0 Å². The Bertz CT molecular complexity index is 1570. The first kappa shape index (κ1) is 16.5. The van der Waals surface area contributed by atoms with Gasteiger partial charge in [0.25, 0.3) is 0 Å². The van der Waals surface area contributed by atoms with Gasteiger partial charge in [-0.1, -0.05) is 98.6 Å². The third-order valence-corrected chi connectivity index (χ3v) is 6.86. The minimum atomic E-state index is 1.10. The van der Waals surface area contributed by atoms with E-state index in [0.717, 1.165) is 8.95 Å². The van der Waals surface area contributed by atoms with Gasteiger partial charge in [0, 0.05) is 8.95 Å². The molecule has 0 fully saturated rings. The van der Waals surface area contributed by atoms with Crippen molar-refractivity contribution in [1.29, 1.82) is 0 Å². The van der Waals surface area contributed by atoms with E-state index in [2.05, 4.69) is 117 Å². The molecule has 0 aliphatic heterocycles. The van der Waals surface area contributed by atoms with E-state index in [9.17, 15) is 0 Å². The van der Waals surface area contributed by atoms with Gasteiger partial charge in [-0.15, -0.1) is 0 Å². The Hall–Kier alpha value is -2.42. The highest BCUT2D eigenvalue weighted by Gasteiger charge is 2.13. The van der Waals surface area contributed by atoms with Crippen molar-refractivity contribution < 1.29 is 0 Å². The van der Waals surface area contributed by atoms with Gasteiger partial charge in [-0.2, -0.15) is 0 Å². The number of halogens is 2. The molecule has 28 heavy (non-hydrogen) atoms. The van der Waals surface area contributed by atoms with Crippen LogP contribution in [0.25, 0.3) is 53.9 Å². The fraction of sp³-hybridized carbons (Fsp3) is 0. The van der Waals surface area contributed by atoms with Crippen molar-refractivity contribution in [3.8, 4) is 0 Å². The highest BCUT2D eigenvalue weighted by Crippen LogP contribution is 2.42. The maximum atomic E-state index is 3.83. The van der Waals surface area contributed by atoms with Gasteiger partial charge in [0.05, 0.1) is 0 Å². The van der Waals surface area contributed by atoms with E-state index in [1.165, 1.54) is 53.9 Å². The van der Waals surface area contributed by atoms with Crippen LogP contribution in [0.5, 0.6) is 0 Å². The topological polar surface area (TPSA) is 0 Å². The van der Waals surface area contributed by atoms with E-state index in [1.54, 1.807) is 0 Å². The lowest BCUT2D eigenvalue weighted by atomic mass is 9.91. The smallest absolute Gasteiger partial charge is 0.0260 e. The second-order valence-electron chi connectivity index (χ2n) is 7.26. The molecule has 0 heterocycles. The summed E-state index contributed by atoms with van der Waals surface area (Å²) < 4.78 is 2.23. The number of hydrogen-bond acceptors (Lipinski definition) is 0. The van der Waals surface area contributed by atoms with Crippen LogP contribution in [-0.2, 0) is 0 Å². The molecule has 0 spiro atoms. The summed E-state index contributed by atoms with van der Waals surface area (Å²) in [6.45, 7) is 0. The Labute approximate surface area is 179 Å². The Balaban J connectivity index is 2.02. The molecule has 0 aliphatic rings. The second-order valence-corrected chi connectivity index (χ2v) is 9.03. The van der Waals surface area contributed by atoms with Gasteiger partial charge in [-0.3, -0.25) is 0 Å². The average Bonchev–Trinajstić information content (AvgIpc) is 2.72. The molecular formula is C26H14Br2. The Morgan fingerprint density at radius 3 is 1.93 bits per heavy atom. The molecule has 0 aromatic heterocycles. The maximum absolute atomic E-state index is 3.83. The molecule has 0 N–H and O–H groups in total. The molecule has 6 aromatic carbocycles. The standard InChI is InChI=1S/C26H14Br2/c27-19-10-12-21-18(13-19)14-23(28)22-11-9-17-8-7-16-6-5-15-3-1-2-4-20(15)24(16)25(17)26(21)22/h1-14H. The van der Waals surface area contributed by atoms with Crippen LogP contribution in [0.15, 0.2) is 93.9 Å². The SMILES string of the molecule is Brc1ccc2c(c1)cc(Br)c1ccc3ccc4ccc5ccccc5c4c3c12. The van der Waals surface area contributed by atoms with Crippen molar-refractivity contribution >= 4 is 85.7 Å². The third-order valence-electron chi connectivity index (χ3n) is 5.71. The number of fused-ring (bicyclic) bond motifs is 9. The van der Waals surface area contributed by atoms with Gasteiger partial charge in [0.2, 0.25) is 0 Å². The highest BCUT2D eigenvalue weighted by molar-refractivity contribution is 9.11. The second kappa shape index (κ2) is 6.04. The fourth-order valence-corrected chi connectivity index (χ4v) is 5.44. The minimum Gasteiger partial charge on any atom is -0.0616 e. The van der Waals surface area contributed by atoms with E-state index in [-0.39, 0.29) is 0 Å². The molecular weight excluding hydrogens is 472 g/mol. The summed E-state index contributed by atoms with van der Waals surface area (Å²) in [5, 5.41) is 12.9. The molecule has 2 heteroatoms. The van der Waals surface area contributed by atoms with Crippen LogP contribution in [0.1, 0.15) is 0 Å². The Morgan fingerprint density at radius 2 is 1.07 bits per heavy atom. The van der Waals surface area contributed by atoms with Gasteiger partial charge in [-0.05, 0) is 72.1 Å². The Morgan fingerprint density at radius 1 is 0.429 bits per heavy atom. The Kier molecular flexibility index (Phi) is 3.56. The zero-order chi connectivity index (χ0) is 18.8. The summed E-state index contributed by atoms with van der Waals surface area (Å²) >= 11 is 7.45. The van der Waals surface area contributed by atoms with E-state index >= 15 is 0 Å². The molecule has 0 aliphatic carbocycles. The molecule has 6 aromatic rings. The van der Waals surface area contributed by atoms with Crippen molar-refractivity contribution in [1.82, 2.24) is 0 Å². The number of rotatable bonds is 0. The first-order valence-corrected chi connectivity index (χ1v) is 10.8. The maximum Gasteiger partial charge on any atom is 0.0260 e. The average molecular weight is 486 g/mol. The van der Waals surface area contributed by atoms with Crippen molar-refractivity contribution in [2.45, 2.75) is 0 Å². The monoisotopic (exact) mass is 484 g/mol. The van der Waals surface area contributed by atoms with Gasteiger partial charge in [0.15, 0.2) is 0 Å². The summed E-state index contributed by atoms with van der Waals surface area (Å²) in [6.07, 6.45) is 0. The summed E-state index contributed by atoms with van der Waals surface area (Å²) in [4.78, 5) is 0. The lowest BCUT2D eigenvalue weighted by Gasteiger charge is -2.14. The zero-order valence-corrected chi connectivity index (χ0v) is 18.0. The first-order chi connectivity index (χ1) is 13.7. The lowest BCUT2D eigenvalue weighted by molar-refractivity contribution is 1.72.